The molecule has 3 nitrogen and oxygen atoms in total. The number of hydrogen-bond acceptors (Lipinski definition) is 2. The van der Waals surface area contributed by atoms with Gasteiger partial charge in [-0.15, -0.1) is 6.42 Å². The van der Waals surface area contributed by atoms with E-state index in [1.807, 2.05) is 0 Å². The summed E-state index contributed by atoms with van der Waals surface area (Å²) >= 11 is 0. The first kappa shape index (κ1) is 12.5. The van der Waals surface area contributed by atoms with Crippen molar-refractivity contribution in [3.8, 4) is 18.1 Å². The van der Waals surface area contributed by atoms with Crippen LogP contribution in [0.2, 0.25) is 0 Å². The van der Waals surface area contributed by atoms with E-state index in [1.165, 1.54) is 12.1 Å². The topological polar surface area (TPSA) is 57.5 Å². The third-order valence-corrected chi connectivity index (χ3v) is 2.10. The third kappa shape index (κ3) is 2.73. The lowest BCUT2D eigenvalue weighted by Gasteiger charge is -2.02. The lowest BCUT2D eigenvalue weighted by molar-refractivity contribution is -0.122. The number of phenols is 1. The molecule has 0 fully saturated rings. The fourth-order valence-electron chi connectivity index (χ4n) is 1.44. The second-order valence-corrected chi connectivity index (χ2v) is 3.08. The molecule has 0 saturated heterocycles. The molecule has 0 aliphatic rings. The summed E-state index contributed by atoms with van der Waals surface area (Å²) in [5, 5.41) is 17.5. The van der Waals surface area contributed by atoms with Gasteiger partial charge >= 0.3 is 0 Å². The second kappa shape index (κ2) is 5.52. The van der Waals surface area contributed by atoms with Crippen LogP contribution in [0.25, 0.3) is 10.8 Å². The molecule has 0 bridgehead atoms. The van der Waals surface area contributed by atoms with Gasteiger partial charge in [0.05, 0.1) is 5.56 Å². The Morgan fingerprint density at radius 2 is 1.94 bits per heavy atom. The average molecular weight is 232 g/mol. The van der Waals surface area contributed by atoms with E-state index in [2.05, 4.69) is 5.92 Å². The van der Waals surface area contributed by atoms with E-state index in [1.54, 1.807) is 18.2 Å². The van der Waals surface area contributed by atoms with Crippen LogP contribution in [-0.4, -0.2) is 16.7 Å². The number of fused-ring (bicyclic) bond motifs is 1. The Hall–Kier alpha value is -2.54. The van der Waals surface area contributed by atoms with Crippen LogP contribution < -0.4 is 0 Å². The Balaban J connectivity index is 0.000000437. The molecule has 0 radical (unpaired) electrons. The van der Waals surface area contributed by atoms with Gasteiger partial charge in [-0.3, -0.25) is 4.79 Å². The highest BCUT2D eigenvalue weighted by Crippen LogP contribution is 2.24. The van der Waals surface area contributed by atoms with Crippen molar-refractivity contribution >= 4 is 17.2 Å². The lowest BCUT2D eigenvalue weighted by Crippen LogP contribution is -1.85. The number of phenolic OH excluding ortho intramolecular Hbond substituents is 1. The molecule has 2 rings (SSSR count). The minimum atomic E-state index is -0.411. The van der Waals surface area contributed by atoms with Gasteiger partial charge in [0, 0.05) is 5.39 Å². The number of carbonyl (C=O) groups is 1. The monoisotopic (exact) mass is 232 g/mol. The number of rotatable bonds is 0. The highest BCUT2D eigenvalue weighted by Gasteiger charge is 2.04. The minimum absolute atomic E-state index is 0.145. The quantitative estimate of drug-likeness (QED) is 0.541. The van der Waals surface area contributed by atoms with Crippen molar-refractivity contribution < 1.29 is 19.4 Å². The van der Waals surface area contributed by atoms with Crippen LogP contribution in [0.5, 0.6) is 5.75 Å². The van der Waals surface area contributed by atoms with E-state index in [-0.39, 0.29) is 17.8 Å². The predicted molar refractivity (Wildman–Crippen MR) is 62.2 cm³/mol. The van der Waals surface area contributed by atoms with E-state index in [0.29, 0.717) is 5.39 Å². The molecule has 0 spiro atoms. The molecule has 2 aromatic carbocycles. The van der Waals surface area contributed by atoms with Crippen molar-refractivity contribution in [1.82, 2.24) is 0 Å². The van der Waals surface area contributed by atoms with Gasteiger partial charge in [0.1, 0.15) is 11.6 Å². The van der Waals surface area contributed by atoms with Gasteiger partial charge in [-0.1, -0.05) is 12.0 Å². The SMILES string of the molecule is C#Cc1c(F)ccc2cc(O)ccc12.O=CO. The van der Waals surface area contributed by atoms with Crippen molar-refractivity contribution in [2.24, 2.45) is 0 Å². The van der Waals surface area contributed by atoms with E-state index in [9.17, 15) is 9.50 Å². The number of benzene rings is 2. The molecule has 0 atom stereocenters. The smallest absolute Gasteiger partial charge is 0.290 e. The number of carboxylic acid groups (broad SMARTS) is 1. The number of hydrogen-bond donors (Lipinski definition) is 2. The van der Waals surface area contributed by atoms with Gasteiger partial charge in [-0.25, -0.2) is 4.39 Å². The normalized spacial score (nSPS) is 8.94. The molecule has 0 aliphatic carbocycles. The van der Waals surface area contributed by atoms with Gasteiger partial charge < -0.3 is 10.2 Å². The van der Waals surface area contributed by atoms with Crippen molar-refractivity contribution in [2.75, 3.05) is 0 Å². The van der Waals surface area contributed by atoms with Crippen LogP contribution in [0.15, 0.2) is 30.3 Å². The Bertz CT molecular complexity index is 585. The molecule has 86 valence electrons. The van der Waals surface area contributed by atoms with Gasteiger partial charge in [-0.2, -0.15) is 0 Å². The predicted octanol–water partition coefficient (Wildman–Crippen LogP) is 2.37. The fourth-order valence-corrected chi connectivity index (χ4v) is 1.44. The van der Waals surface area contributed by atoms with Crippen LogP contribution in [0.1, 0.15) is 5.56 Å². The summed E-state index contributed by atoms with van der Waals surface area (Å²) in [6.45, 7) is -0.250. The highest BCUT2D eigenvalue weighted by molar-refractivity contribution is 5.89. The van der Waals surface area contributed by atoms with Crippen LogP contribution >= 0.6 is 0 Å². The summed E-state index contributed by atoms with van der Waals surface area (Å²) in [4.78, 5) is 8.36. The molecule has 2 aromatic rings. The van der Waals surface area contributed by atoms with Gasteiger partial charge in [0.2, 0.25) is 0 Å². The molecule has 0 heterocycles. The zero-order chi connectivity index (χ0) is 12.8. The molecule has 17 heavy (non-hydrogen) atoms. The van der Waals surface area contributed by atoms with Gasteiger partial charge in [0.25, 0.3) is 6.47 Å². The lowest BCUT2D eigenvalue weighted by atomic mass is 10.0. The Kier molecular flexibility index (Phi) is 4.07. The average Bonchev–Trinajstić information content (AvgIpc) is 2.30. The molecule has 0 amide bonds. The number of aromatic hydroxyl groups is 1. The van der Waals surface area contributed by atoms with E-state index in [4.69, 9.17) is 16.3 Å². The maximum atomic E-state index is 13.2. The maximum Gasteiger partial charge on any atom is 0.290 e. The Labute approximate surface area is 97.1 Å². The Morgan fingerprint density at radius 3 is 2.53 bits per heavy atom. The summed E-state index contributed by atoms with van der Waals surface area (Å²) in [6.07, 6.45) is 5.20. The second-order valence-electron chi connectivity index (χ2n) is 3.08. The first-order valence-electron chi connectivity index (χ1n) is 4.59. The summed E-state index contributed by atoms with van der Waals surface area (Å²) in [5.74, 6) is 2.04. The standard InChI is InChI=1S/C12H7FO.CH2O2/c1-2-10-11-5-4-9(14)7-8(11)3-6-12(10)13;2-1-3/h1,3-7,14H;1H,(H,2,3). The van der Waals surface area contributed by atoms with Crippen molar-refractivity contribution in [2.45, 2.75) is 0 Å². The maximum absolute atomic E-state index is 13.2. The molecule has 4 heteroatoms. The highest BCUT2D eigenvalue weighted by atomic mass is 19.1. The van der Waals surface area contributed by atoms with Crippen molar-refractivity contribution in [1.29, 1.82) is 0 Å². The summed E-state index contributed by atoms with van der Waals surface area (Å²) < 4.78 is 13.2. The molecule has 0 saturated carbocycles. The molecule has 0 unspecified atom stereocenters. The first-order chi connectivity index (χ1) is 8.13. The molecular weight excluding hydrogens is 223 g/mol. The number of terminal acetylenes is 1. The number of halogens is 1. The van der Waals surface area contributed by atoms with E-state index in [0.717, 1.165) is 5.39 Å². The van der Waals surface area contributed by atoms with E-state index < -0.39 is 5.82 Å². The van der Waals surface area contributed by atoms with Gasteiger partial charge in [0.15, 0.2) is 0 Å². The molecular formula is C13H9FO3. The third-order valence-electron chi connectivity index (χ3n) is 2.10. The van der Waals surface area contributed by atoms with E-state index >= 15 is 0 Å². The molecule has 0 aromatic heterocycles. The van der Waals surface area contributed by atoms with Crippen LogP contribution in [0.3, 0.4) is 0 Å². The first-order valence-corrected chi connectivity index (χ1v) is 4.59. The van der Waals surface area contributed by atoms with Gasteiger partial charge in [-0.05, 0) is 29.7 Å². The largest absolute Gasteiger partial charge is 0.508 e. The van der Waals surface area contributed by atoms with Crippen molar-refractivity contribution in [3.05, 3.63) is 41.7 Å². The van der Waals surface area contributed by atoms with Crippen molar-refractivity contribution in [3.63, 3.8) is 0 Å². The van der Waals surface area contributed by atoms with Crippen LogP contribution in [0.4, 0.5) is 4.39 Å². The summed E-state index contributed by atoms with van der Waals surface area (Å²) in [5.41, 5.74) is 0.238. The van der Waals surface area contributed by atoms with Crippen LogP contribution in [0, 0.1) is 18.2 Å². The molecule has 0 aliphatic heterocycles. The zero-order valence-corrected chi connectivity index (χ0v) is 8.72. The summed E-state index contributed by atoms with van der Waals surface area (Å²) in [7, 11) is 0. The summed E-state index contributed by atoms with van der Waals surface area (Å²) in [6, 6.07) is 7.54. The fraction of sp³-hybridized carbons (Fsp3) is 0. The minimum Gasteiger partial charge on any atom is -0.508 e. The molecule has 2 N–H and O–H groups in total. The Morgan fingerprint density at radius 1 is 1.29 bits per heavy atom. The van der Waals surface area contributed by atoms with Crippen LogP contribution in [-0.2, 0) is 4.79 Å². The zero-order valence-electron chi connectivity index (χ0n) is 8.72.